The first-order valence-corrected chi connectivity index (χ1v) is 23.6. The molecule has 0 unspecified atom stereocenters. The van der Waals surface area contributed by atoms with Gasteiger partial charge in [-0.25, -0.2) is 9.97 Å². The summed E-state index contributed by atoms with van der Waals surface area (Å²) >= 11 is 0. The molecular formula is C64H40N6. The highest BCUT2D eigenvalue weighted by Gasteiger charge is 2.25. The van der Waals surface area contributed by atoms with Gasteiger partial charge in [-0.1, -0.05) is 206 Å². The van der Waals surface area contributed by atoms with Gasteiger partial charge in [0.2, 0.25) is 0 Å². The molecule has 4 aromatic heterocycles. The van der Waals surface area contributed by atoms with Crippen LogP contribution in [-0.4, -0.2) is 28.7 Å². The first-order chi connectivity index (χ1) is 34.8. The predicted molar refractivity (Wildman–Crippen MR) is 288 cm³/mol. The van der Waals surface area contributed by atoms with Crippen LogP contribution < -0.4 is 0 Å². The summed E-state index contributed by atoms with van der Waals surface area (Å²) in [4.78, 5) is 20.0. The second kappa shape index (κ2) is 16.1. The molecule has 0 fully saturated rings. The lowest BCUT2D eigenvalue weighted by Gasteiger charge is -2.22. The Hall–Kier alpha value is -9.52. The van der Waals surface area contributed by atoms with E-state index in [1.807, 2.05) is 49.3 Å². The summed E-state index contributed by atoms with van der Waals surface area (Å²) in [6.45, 7) is 0. The molecule has 0 aliphatic heterocycles. The smallest absolute Gasteiger partial charge is 0.163 e. The summed E-state index contributed by atoms with van der Waals surface area (Å²) in [6, 6.07) is 73.7. The molecule has 0 saturated heterocycles. The average molecular weight is 893 g/mol. The van der Waals surface area contributed by atoms with Gasteiger partial charge in [0.1, 0.15) is 11.4 Å². The molecule has 0 aliphatic carbocycles. The Morgan fingerprint density at radius 1 is 0.243 bits per heavy atom. The second-order valence-electron chi connectivity index (χ2n) is 17.8. The number of nitrogens with zero attached hydrogens (tertiary/aromatic N) is 6. The van der Waals surface area contributed by atoms with Crippen molar-refractivity contribution in [3.63, 3.8) is 0 Å². The van der Waals surface area contributed by atoms with Crippen LogP contribution in [0.3, 0.4) is 0 Å². The average Bonchev–Trinajstić information content (AvgIpc) is 4.07. The maximum atomic E-state index is 5.11. The van der Waals surface area contributed by atoms with Gasteiger partial charge in [0, 0.05) is 47.0 Å². The minimum absolute atomic E-state index is 0.811. The number of hydrogen-bond donors (Lipinski definition) is 0. The minimum Gasteiger partial charge on any atom is -0.296 e. The normalized spacial score (nSPS) is 11.7. The Bertz CT molecular complexity index is 3930. The van der Waals surface area contributed by atoms with Crippen molar-refractivity contribution in [1.29, 1.82) is 0 Å². The zero-order valence-electron chi connectivity index (χ0n) is 37.8. The van der Waals surface area contributed by atoms with Crippen LogP contribution in [0.5, 0.6) is 0 Å². The molecule has 0 amide bonds. The van der Waals surface area contributed by atoms with Gasteiger partial charge in [-0.05, 0) is 76.5 Å². The van der Waals surface area contributed by atoms with Crippen LogP contribution >= 0.6 is 0 Å². The molecule has 0 N–H and O–H groups in total. The third kappa shape index (κ3) is 6.20. The molecular weight excluding hydrogens is 853 g/mol. The van der Waals surface area contributed by atoms with E-state index in [1.165, 1.54) is 43.8 Å². The lowest BCUT2D eigenvalue weighted by molar-refractivity contribution is 1.14. The highest BCUT2D eigenvalue weighted by atomic mass is 15.0. The van der Waals surface area contributed by atoms with Gasteiger partial charge in [0.15, 0.2) is 11.3 Å². The summed E-state index contributed by atoms with van der Waals surface area (Å²) in [5.74, 6) is 0. The fourth-order valence-corrected chi connectivity index (χ4v) is 10.9. The second-order valence-corrected chi connectivity index (χ2v) is 17.8. The van der Waals surface area contributed by atoms with Crippen molar-refractivity contribution < 1.29 is 0 Å². The van der Waals surface area contributed by atoms with Crippen molar-refractivity contribution in [2.24, 2.45) is 0 Å². The Morgan fingerprint density at radius 3 is 0.843 bits per heavy atom. The fourth-order valence-electron chi connectivity index (χ4n) is 10.9. The van der Waals surface area contributed by atoms with Crippen LogP contribution in [-0.2, 0) is 0 Å². The molecule has 0 atom stereocenters. The highest BCUT2D eigenvalue weighted by molar-refractivity contribution is 6.29. The molecule has 0 aliphatic rings. The lowest BCUT2D eigenvalue weighted by Crippen LogP contribution is -1.98. The molecule has 70 heavy (non-hydrogen) atoms. The quantitative estimate of drug-likeness (QED) is 0.150. The van der Waals surface area contributed by atoms with E-state index >= 15 is 0 Å². The third-order valence-corrected chi connectivity index (χ3v) is 14.0. The van der Waals surface area contributed by atoms with E-state index in [0.717, 1.165) is 89.0 Å². The topological polar surface area (TPSA) is 60.4 Å². The van der Waals surface area contributed by atoms with Crippen molar-refractivity contribution in [3.8, 4) is 78.4 Å². The number of benzene rings is 10. The molecule has 0 saturated carbocycles. The van der Waals surface area contributed by atoms with Gasteiger partial charge in [-0.15, -0.1) is 0 Å². The van der Waals surface area contributed by atoms with Gasteiger partial charge >= 0.3 is 0 Å². The van der Waals surface area contributed by atoms with Crippen molar-refractivity contribution in [3.05, 3.63) is 243 Å². The first kappa shape index (κ1) is 39.6. The molecule has 14 rings (SSSR count). The SMILES string of the molecule is c1ccc(-c2ccc(-c3nccn4c(-c5c6ccccc6c(-c6c7ccccc7c(-c7cnc8c(-c9ccc(-c%10ccccc%10)cc9)nccn78)c7ccccc67)c6ccccc56)cnc34)cc2)cc1. The fraction of sp³-hybridized carbons (Fsp3) is 0. The molecule has 326 valence electrons. The number of hydrogen-bond acceptors (Lipinski definition) is 4. The molecule has 0 radical (unpaired) electrons. The van der Waals surface area contributed by atoms with Crippen LogP contribution in [0, 0.1) is 0 Å². The Balaban J connectivity index is 0.955. The number of aromatic nitrogens is 6. The number of fused-ring (bicyclic) bond motifs is 6. The van der Waals surface area contributed by atoms with E-state index in [-0.39, 0.29) is 0 Å². The van der Waals surface area contributed by atoms with Crippen LogP contribution in [0.4, 0.5) is 0 Å². The first-order valence-electron chi connectivity index (χ1n) is 23.6. The van der Waals surface area contributed by atoms with Crippen LogP contribution in [0.2, 0.25) is 0 Å². The zero-order chi connectivity index (χ0) is 46.1. The van der Waals surface area contributed by atoms with E-state index < -0.39 is 0 Å². The minimum atomic E-state index is 0.811. The van der Waals surface area contributed by atoms with E-state index in [1.54, 1.807) is 0 Å². The van der Waals surface area contributed by atoms with Crippen LogP contribution in [0.1, 0.15) is 0 Å². The van der Waals surface area contributed by atoms with Crippen molar-refractivity contribution in [2.45, 2.75) is 0 Å². The Labute approximate surface area is 403 Å². The number of imidazole rings is 2. The molecule has 14 aromatic rings. The maximum Gasteiger partial charge on any atom is 0.163 e. The molecule has 6 heteroatoms. The molecule has 4 heterocycles. The lowest BCUT2D eigenvalue weighted by atomic mass is 9.82. The number of rotatable bonds is 7. The largest absolute Gasteiger partial charge is 0.296 e. The van der Waals surface area contributed by atoms with E-state index in [9.17, 15) is 0 Å². The van der Waals surface area contributed by atoms with E-state index in [2.05, 4.69) is 203 Å². The summed E-state index contributed by atoms with van der Waals surface area (Å²) in [7, 11) is 0. The van der Waals surface area contributed by atoms with Gasteiger partial charge in [-0.2, -0.15) is 0 Å². The Morgan fingerprint density at radius 2 is 0.514 bits per heavy atom. The van der Waals surface area contributed by atoms with Crippen molar-refractivity contribution in [1.82, 2.24) is 28.7 Å². The highest BCUT2D eigenvalue weighted by Crippen LogP contribution is 2.50. The standard InChI is InChI=1S/C64H40N6/c1-3-15-41(16-4-1)43-27-31-45(32-28-43)61-63-67-39-55(69(63)37-35-65-61)57-47-19-7-11-23-51(47)59(52-24-12-8-20-48(52)57)60-53-25-13-9-21-49(53)58(50-22-10-14-26-54(50)60)56-40-68-64-62(66-36-38-70(56)64)46-33-29-44(30-34-46)42-17-5-2-6-18-42/h1-40H. The summed E-state index contributed by atoms with van der Waals surface area (Å²) in [5, 5.41) is 9.29. The van der Waals surface area contributed by atoms with Crippen LogP contribution in [0.15, 0.2) is 243 Å². The molecule has 0 spiro atoms. The summed E-state index contributed by atoms with van der Waals surface area (Å²) < 4.78 is 4.41. The monoisotopic (exact) mass is 892 g/mol. The third-order valence-electron chi connectivity index (χ3n) is 14.0. The molecule has 6 nitrogen and oxygen atoms in total. The van der Waals surface area contributed by atoms with Crippen molar-refractivity contribution in [2.75, 3.05) is 0 Å². The van der Waals surface area contributed by atoms with Gasteiger partial charge < -0.3 is 0 Å². The predicted octanol–water partition coefficient (Wildman–Crippen LogP) is 16.1. The van der Waals surface area contributed by atoms with Gasteiger partial charge in [-0.3, -0.25) is 18.8 Å². The Kier molecular flexibility index (Phi) is 9.10. The summed E-state index contributed by atoms with van der Waals surface area (Å²) in [5.41, 5.74) is 16.7. The van der Waals surface area contributed by atoms with Gasteiger partial charge in [0.25, 0.3) is 0 Å². The van der Waals surface area contributed by atoms with E-state index in [4.69, 9.17) is 19.9 Å². The summed E-state index contributed by atoms with van der Waals surface area (Å²) in [6.07, 6.45) is 11.9. The maximum absolute atomic E-state index is 5.11. The van der Waals surface area contributed by atoms with Crippen LogP contribution in [0.25, 0.3) is 133 Å². The molecule has 0 bridgehead atoms. The van der Waals surface area contributed by atoms with Crippen molar-refractivity contribution >= 4 is 54.4 Å². The van der Waals surface area contributed by atoms with Gasteiger partial charge in [0.05, 0.1) is 23.8 Å². The zero-order valence-corrected chi connectivity index (χ0v) is 37.8. The van der Waals surface area contributed by atoms with E-state index in [0.29, 0.717) is 0 Å². The molecule has 10 aromatic carbocycles.